The van der Waals surface area contributed by atoms with Crippen molar-refractivity contribution >= 4 is 5.91 Å². The van der Waals surface area contributed by atoms with Crippen molar-refractivity contribution in [1.29, 1.82) is 0 Å². The summed E-state index contributed by atoms with van der Waals surface area (Å²) in [5.41, 5.74) is 1.56. The van der Waals surface area contributed by atoms with Gasteiger partial charge in [0.15, 0.2) is 0 Å². The van der Waals surface area contributed by atoms with E-state index in [0.29, 0.717) is 11.6 Å². The molecule has 0 saturated heterocycles. The minimum absolute atomic E-state index is 0.0132. The molecule has 2 aromatic rings. The Kier molecular flexibility index (Phi) is 6.39. The van der Waals surface area contributed by atoms with Crippen LogP contribution in [0.1, 0.15) is 48.2 Å². The number of aromatic nitrogens is 2. The van der Waals surface area contributed by atoms with Gasteiger partial charge in [-0.2, -0.15) is 13.2 Å². The minimum atomic E-state index is -4.37. The number of nitrogens with one attached hydrogen (secondary N) is 1. The van der Waals surface area contributed by atoms with Gasteiger partial charge in [-0.1, -0.05) is 12.1 Å². The van der Waals surface area contributed by atoms with Crippen molar-refractivity contribution < 1.29 is 22.7 Å². The number of alkyl halides is 3. The molecule has 0 aliphatic heterocycles. The molecule has 0 radical (unpaired) electrons. The normalized spacial score (nSPS) is 19.6. The van der Waals surface area contributed by atoms with E-state index in [-0.39, 0.29) is 24.5 Å². The first-order valence-electron chi connectivity index (χ1n) is 9.63. The summed E-state index contributed by atoms with van der Waals surface area (Å²) < 4.78 is 43.7. The number of halogens is 3. The number of benzene rings is 1. The van der Waals surface area contributed by atoms with Gasteiger partial charge in [0, 0.05) is 17.4 Å². The zero-order chi connectivity index (χ0) is 21.0. The molecule has 5 nitrogen and oxygen atoms in total. The van der Waals surface area contributed by atoms with Crippen LogP contribution in [0.5, 0.6) is 6.01 Å². The fraction of sp³-hybridized carbons (Fsp3) is 0.476. The van der Waals surface area contributed by atoms with Crippen LogP contribution in [0.2, 0.25) is 0 Å². The van der Waals surface area contributed by atoms with Crippen LogP contribution in [0.3, 0.4) is 0 Å². The van der Waals surface area contributed by atoms with Crippen molar-refractivity contribution in [3.05, 3.63) is 52.8 Å². The third kappa shape index (κ3) is 6.17. The summed E-state index contributed by atoms with van der Waals surface area (Å²) >= 11 is 0. The molecule has 3 rings (SSSR count). The van der Waals surface area contributed by atoms with Crippen LogP contribution in [0.15, 0.2) is 30.3 Å². The summed E-state index contributed by atoms with van der Waals surface area (Å²) in [6.45, 7) is 3.79. The van der Waals surface area contributed by atoms with E-state index in [0.717, 1.165) is 49.2 Å². The van der Waals surface area contributed by atoms with Crippen LogP contribution in [0, 0.1) is 13.8 Å². The smallest absolute Gasteiger partial charge is 0.416 e. The second-order valence-corrected chi connectivity index (χ2v) is 7.46. The first kappa shape index (κ1) is 21.1. The van der Waals surface area contributed by atoms with Gasteiger partial charge in [-0.15, -0.1) is 0 Å². The average molecular weight is 407 g/mol. The van der Waals surface area contributed by atoms with Crippen molar-refractivity contribution in [2.45, 2.75) is 64.3 Å². The van der Waals surface area contributed by atoms with E-state index in [2.05, 4.69) is 15.3 Å². The maximum absolute atomic E-state index is 12.6. The quantitative estimate of drug-likeness (QED) is 0.808. The van der Waals surface area contributed by atoms with Crippen LogP contribution in [0.4, 0.5) is 13.2 Å². The highest BCUT2D eigenvalue weighted by Crippen LogP contribution is 2.29. The number of aryl methyl sites for hydroxylation is 2. The molecule has 0 spiro atoms. The van der Waals surface area contributed by atoms with E-state index >= 15 is 0 Å². The molecule has 1 aromatic carbocycles. The fourth-order valence-corrected chi connectivity index (χ4v) is 3.50. The van der Waals surface area contributed by atoms with Crippen LogP contribution in [0.25, 0.3) is 0 Å². The van der Waals surface area contributed by atoms with E-state index in [1.54, 1.807) is 0 Å². The Balaban J connectivity index is 1.44. The molecule has 29 heavy (non-hydrogen) atoms. The molecule has 1 saturated carbocycles. The van der Waals surface area contributed by atoms with Crippen molar-refractivity contribution in [3.63, 3.8) is 0 Å². The lowest BCUT2D eigenvalue weighted by atomic mass is 9.92. The van der Waals surface area contributed by atoms with E-state index in [1.165, 1.54) is 12.1 Å². The van der Waals surface area contributed by atoms with Crippen LogP contribution < -0.4 is 10.1 Å². The predicted octanol–water partition coefficient (Wildman–Crippen LogP) is 4.16. The van der Waals surface area contributed by atoms with Gasteiger partial charge in [-0.05, 0) is 63.3 Å². The predicted molar refractivity (Wildman–Crippen MR) is 101 cm³/mol. The van der Waals surface area contributed by atoms with Gasteiger partial charge in [-0.25, -0.2) is 9.97 Å². The third-order valence-electron chi connectivity index (χ3n) is 4.92. The standard InChI is InChI=1S/C21H24F3N3O2/c1-13-11-14(2)26-20(25-13)29-18-9-7-17(8-10-18)27-19(28)12-15-3-5-16(6-4-15)21(22,23)24/h3-6,11,17-18H,7-10,12H2,1-2H3,(H,27,28). The van der Waals surface area contributed by atoms with Crippen molar-refractivity contribution in [3.8, 4) is 6.01 Å². The third-order valence-corrected chi connectivity index (χ3v) is 4.92. The Hall–Kier alpha value is -2.64. The van der Waals surface area contributed by atoms with Crippen molar-refractivity contribution in [1.82, 2.24) is 15.3 Å². The second-order valence-electron chi connectivity index (χ2n) is 7.46. The van der Waals surface area contributed by atoms with Crippen molar-refractivity contribution in [2.75, 3.05) is 0 Å². The molecule has 0 unspecified atom stereocenters. The SMILES string of the molecule is Cc1cc(C)nc(OC2CCC(NC(=O)Cc3ccc(C(F)(F)F)cc3)CC2)n1. The van der Waals surface area contributed by atoms with Crippen LogP contribution in [-0.2, 0) is 17.4 Å². The van der Waals surface area contributed by atoms with Gasteiger partial charge >= 0.3 is 12.2 Å². The molecule has 1 aliphatic rings. The number of ether oxygens (including phenoxy) is 1. The van der Waals surface area contributed by atoms with E-state index in [9.17, 15) is 18.0 Å². The maximum Gasteiger partial charge on any atom is 0.416 e. The number of hydrogen-bond acceptors (Lipinski definition) is 4. The molecule has 0 bridgehead atoms. The second kappa shape index (κ2) is 8.80. The van der Waals surface area contributed by atoms with Crippen LogP contribution >= 0.6 is 0 Å². The largest absolute Gasteiger partial charge is 0.460 e. The highest BCUT2D eigenvalue weighted by atomic mass is 19.4. The molecular weight excluding hydrogens is 383 g/mol. The average Bonchev–Trinajstić information content (AvgIpc) is 2.62. The molecule has 156 valence electrons. The monoisotopic (exact) mass is 407 g/mol. The first-order valence-corrected chi connectivity index (χ1v) is 9.63. The molecule has 1 fully saturated rings. The van der Waals surface area contributed by atoms with Crippen molar-refractivity contribution in [2.24, 2.45) is 0 Å². The minimum Gasteiger partial charge on any atom is -0.460 e. The molecule has 1 N–H and O–H groups in total. The molecule has 1 amide bonds. The number of carbonyl (C=O) groups excluding carboxylic acids is 1. The van der Waals surface area contributed by atoms with Gasteiger partial charge < -0.3 is 10.1 Å². The Bertz CT molecular complexity index is 825. The molecule has 1 aliphatic carbocycles. The lowest BCUT2D eigenvalue weighted by Crippen LogP contribution is -2.40. The van der Waals surface area contributed by atoms with E-state index in [1.807, 2.05) is 19.9 Å². The Morgan fingerprint density at radius 2 is 1.66 bits per heavy atom. The zero-order valence-electron chi connectivity index (χ0n) is 16.4. The summed E-state index contributed by atoms with van der Waals surface area (Å²) in [6.07, 6.45) is -1.19. The Labute approximate surface area is 167 Å². The van der Waals surface area contributed by atoms with E-state index < -0.39 is 11.7 Å². The summed E-state index contributed by atoms with van der Waals surface area (Å²) in [4.78, 5) is 20.8. The topological polar surface area (TPSA) is 64.1 Å². The molecular formula is C21H24F3N3O2. The summed E-state index contributed by atoms with van der Waals surface area (Å²) in [7, 11) is 0. The molecule has 8 heteroatoms. The zero-order valence-corrected chi connectivity index (χ0v) is 16.4. The lowest BCUT2D eigenvalue weighted by Gasteiger charge is -2.29. The number of nitrogens with zero attached hydrogens (tertiary/aromatic N) is 2. The number of carbonyl (C=O) groups is 1. The van der Waals surface area contributed by atoms with Gasteiger partial charge in [0.1, 0.15) is 6.10 Å². The van der Waals surface area contributed by atoms with Crippen LogP contribution in [-0.4, -0.2) is 28.0 Å². The highest BCUT2D eigenvalue weighted by Gasteiger charge is 2.30. The van der Waals surface area contributed by atoms with Gasteiger partial charge in [-0.3, -0.25) is 4.79 Å². The maximum atomic E-state index is 12.6. The number of rotatable bonds is 5. The lowest BCUT2D eigenvalue weighted by molar-refractivity contribution is -0.137. The summed E-state index contributed by atoms with van der Waals surface area (Å²) in [5, 5.41) is 2.97. The van der Waals surface area contributed by atoms with Gasteiger partial charge in [0.25, 0.3) is 0 Å². The number of hydrogen-bond donors (Lipinski definition) is 1. The van der Waals surface area contributed by atoms with Gasteiger partial charge in [0.2, 0.25) is 5.91 Å². The number of amides is 1. The van der Waals surface area contributed by atoms with Gasteiger partial charge in [0.05, 0.1) is 12.0 Å². The first-order chi connectivity index (χ1) is 13.7. The molecule has 0 atom stereocenters. The fourth-order valence-electron chi connectivity index (χ4n) is 3.50. The summed E-state index contributed by atoms with van der Waals surface area (Å²) in [6, 6.07) is 7.00. The highest BCUT2D eigenvalue weighted by molar-refractivity contribution is 5.78. The Morgan fingerprint density at radius 3 is 2.21 bits per heavy atom. The molecule has 1 heterocycles. The Morgan fingerprint density at radius 1 is 1.07 bits per heavy atom. The van der Waals surface area contributed by atoms with E-state index in [4.69, 9.17) is 4.74 Å². The summed E-state index contributed by atoms with van der Waals surface area (Å²) in [5.74, 6) is -0.188. The molecule has 1 aromatic heterocycles.